The molecule has 0 aliphatic rings. The van der Waals surface area contributed by atoms with E-state index in [9.17, 15) is 21.6 Å². The maximum absolute atomic E-state index is 12.8. The largest absolute Gasteiger partial charge is 0.416 e. The Labute approximate surface area is 159 Å². The first-order valence-corrected chi connectivity index (χ1v) is 10.6. The summed E-state index contributed by atoms with van der Waals surface area (Å²) >= 11 is 1.54. The molecule has 0 amide bonds. The van der Waals surface area contributed by atoms with Crippen LogP contribution >= 0.6 is 11.3 Å². The summed E-state index contributed by atoms with van der Waals surface area (Å²) in [5.74, 6) is -0.516. The van der Waals surface area contributed by atoms with Crippen molar-refractivity contribution in [2.45, 2.75) is 18.5 Å². The quantitative estimate of drug-likeness (QED) is 0.617. The van der Waals surface area contributed by atoms with Gasteiger partial charge < -0.3 is 0 Å². The first kappa shape index (κ1) is 19.6. The third-order valence-corrected chi connectivity index (χ3v) is 5.92. The molecule has 0 unspecified atom stereocenters. The molecule has 142 valence electrons. The summed E-state index contributed by atoms with van der Waals surface area (Å²) in [4.78, 5) is 0. The molecule has 0 spiro atoms. The van der Waals surface area contributed by atoms with Gasteiger partial charge in [0, 0.05) is 6.54 Å². The first-order chi connectivity index (χ1) is 12.7. The van der Waals surface area contributed by atoms with Crippen LogP contribution in [0.2, 0.25) is 0 Å². The van der Waals surface area contributed by atoms with Crippen molar-refractivity contribution in [1.29, 1.82) is 0 Å². The molecule has 0 aliphatic heterocycles. The Kier molecular flexibility index (Phi) is 5.69. The molecule has 27 heavy (non-hydrogen) atoms. The highest BCUT2D eigenvalue weighted by Crippen LogP contribution is 2.30. The van der Waals surface area contributed by atoms with E-state index in [4.69, 9.17) is 0 Å². The Morgan fingerprint density at radius 2 is 1.78 bits per heavy atom. The van der Waals surface area contributed by atoms with Crippen LogP contribution < -0.4 is 4.72 Å². The molecule has 3 nitrogen and oxygen atoms in total. The SMILES string of the molecule is O=S(=O)(Cc1cccc(C(F)(F)F)c1)NCc1ccccc1-c1ccsc1. The van der Waals surface area contributed by atoms with Crippen molar-refractivity contribution in [3.63, 3.8) is 0 Å². The Bertz CT molecular complexity index is 1010. The molecule has 3 aromatic rings. The van der Waals surface area contributed by atoms with E-state index in [1.807, 2.05) is 41.1 Å². The van der Waals surface area contributed by atoms with Gasteiger partial charge in [0.2, 0.25) is 10.0 Å². The molecule has 0 atom stereocenters. The number of alkyl halides is 3. The average molecular weight is 411 g/mol. The lowest BCUT2D eigenvalue weighted by Gasteiger charge is -2.12. The van der Waals surface area contributed by atoms with Crippen LogP contribution in [0.5, 0.6) is 0 Å². The number of hydrogen-bond donors (Lipinski definition) is 1. The van der Waals surface area contributed by atoms with Crippen molar-refractivity contribution in [3.8, 4) is 11.1 Å². The normalized spacial score (nSPS) is 12.3. The van der Waals surface area contributed by atoms with Gasteiger partial charge in [-0.25, -0.2) is 13.1 Å². The van der Waals surface area contributed by atoms with Crippen molar-refractivity contribution >= 4 is 21.4 Å². The molecule has 1 heterocycles. The second-order valence-electron chi connectivity index (χ2n) is 5.95. The lowest BCUT2D eigenvalue weighted by atomic mass is 10.0. The Hall–Kier alpha value is -2.16. The van der Waals surface area contributed by atoms with E-state index in [1.165, 1.54) is 12.1 Å². The van der Waals surface area contributed by atoms with Gasteiger partial charge in [0.05, 0.1) is 11.3 Å². The van der Waals surface area contributed by atoms with Gasteiger partial charge in [-0.1, -0.05) is 42.5 Å². The molecule has 8 heteroatoms. The highest BCUT2D eigenvalue weighted by molar-refractivity contribution is 7.88. The number of halogens is 3. The molecule has 0 aliphatic carbocycles. The smallest absolute Gasteiger partial charge is 0.212 e. The maximum Gasteiger partial charge on any atom is 0.416 e. The van der Waals surface area contributed by atoms with E-state index in [-0.39, 0.29) is 12.1 Å². The number of sulfonamides is 1. The van der Waals surface area contributed by atoms with E-state index in [1.54, 1.807) is 11.3 Å². The Morgan fingerprint density at radius 1 is 1.00 bits per heavy atom. The molecule has 0 saturated carbocycles. The van der Waals surface area contributed by atoms with Crippen LogP contribution in [0.25, 0.3) is 11.1 Å². The van der Waals surface area contributed by atoms with Gasteiger partial charge >= 0.3 is 6.18 Å². The summed E-state index contributed by atoms with van der Waals surface area (Å²) in [5, 5.41) is 3.90. The molecule has 0 saturated heterocycles. The van der Waals surface area contributed by atoms with Crippen molar-refractivity contribution in [3.05, 3.63) is 82.0 Å². The lowest BCUT2D eigenvalue weighted by molar-refractivity contribution is -0.137. The molecule has 0 radical (unpaired) electrons. The molecular weight excluding hydrogens is 395 g/mol. The zero-order chi connectivity index (χ0) is 19.5. The third kappa shape index (κ3) is 5.18. The van der Waals surface area contributed by atoms with E-state index < -0.39 is 27.5 Å². The number of benzene rings is 2. The minimum atomic E-state index is -4.51. The fourth-order valence-corrected chi connectivity index (χ4v) is 4.42. The zero-order valence-corrected chi connectivity index (χ0v) is 15.7. The standard InChI is InChI=1S/C19H16F3NO2S2/c20-19(21,22)17-6-3-4-14(10-17)13-27(24,25)23-11-15-5-1-2-7-18(15)16-8-9-26-12-16/h1-10,12,23H,11,13H2. The van der Waals surface area contributed by atoms with Gasteiger partial charge in [-0.3, -0.25) is 0 Å². The average Bonchev–Trinajstić information content (AvgIpc) is 3.14. The van der Waals surface area contributed by atoms with Crippen LogP contribution in [-0.2, 0) is 28.5 Å². The molecule has 2 aromatic carbocycles. The Morgan fingerprint density at radius 3 is 2.48 bits per heavy atom. The molecule has 1 aromatic heterocycles. The van der Waals surface area contributed by atoms with Crippen LogP contribution in [0.15, 0.2) is 65.4 Å². The minimum absolute atomic E-state index is 0.0628. The second-order valence-corrected chi connectivity index (χ2v) is 8.53. The number of thiophene rings is 1. The van der Waals surface area contributed by atoms with Crippen molar-refractivity contribution in [2.24, 2.45) is 0 Å². The fourth-order valence-electron chi connectivity index (χ4n) is 2.67. The van der Waals surface area contributed by atoms with Crippen molar-refractivity contribution in [2.75, 3.05) is 0 Å². The summed E-state index contributed by atoms with van der Waals surface area (Å²) in [6, 6.07) is 13.7. The van der Waals surface area contributed by atoms with Crippen LogP contribution in [0.4, 0.5) is 13.2 Å². The molecule has 3 rings (SSSR count). The predicted octanol–water partition coefficient (Wildman–Crippen LogP) is 5.05. The van der Waals surface area contributed by atoms with Crippen LogP contribution in [-0.4, -0.2) is 8.42 Å². The molecule has 0 fully saturated rings. The highest BCUT2D eigenvalue weighted by Gasteiger charge is 2.30. The molecular formula is C19H16F3NO2S2. The van der Waals surface area contributed by atoms with Gasteiger partial charge in [-0.05, 0) is 45.1 Å². The summed E-state index contributed by atoms with van der Waals surface area (Å²) in [6.07, 6.45) is -4.51. The van der Waals surface area contributed by atoms with E-state index in [0.29, 0.717) is 0 Å². The number of hydrogen-bond acceptors (Lipinski definition) is 3. The number of rotatable bonds is 6. The van der Waals surface area contributed by atoms with E-state index >= 15 is 0 Å². The van der Waals surface area contributed by atoms with E-state index in [0.717, 1.165) is 28.8 Å². The first-order valence-electron chi connectivity index (χ1n) is 7.98. The van der Waals surface area contributed by atoms with Crippen LogP contribution in [0, 0.1) is 0 Å². The van der Waals surface area contributed by atoms with Crippen molar-refractivity contribution in [1.82, 2.24) is 4.72 Å². The molecule has 1 N–H and O–H groups in total. The predicted molar refractivity (Wildman–Crippen MR) is 101 cm³/mol. The van der Waals surface area contributed by atoms with Crippen molar-refractivity contribution < 1.29 is 21.6 Å². The Balaban J connectivity index is 1.74. The summed E-state index contributed by atoms with van der Waals surface area (Å²) < 4.78 is 65.5. The summed E-state index contributed by atoms with van der Waals surface area (Å²) in [6.45, 7) is 0.0628. The number of nitrogens with one attached hydrogen (secondary N) is 1. The van der Waals surface area contributed by atoms with Crippen LogP contribution in [0.3, 0.4) is 0 Å². The summed E-state index contributed by atoms with van der Waals surface area (Å²) in [5.41, 5.74) is 1.93. The highest BCUT2D eigenvalue weighted by atomic mass is 32.2. The lowest BCUT2D eigenvalue weighted by Crippen LogP contribution is -2.25. The third-order valence-electron chi connectivity index (χ3n) is 3.94. The van der Waals surface area contributed by atoms with Gasteiger partial charge in [0.25, 0.3) is 0 Å². The van der Waals surface area contributed by atoms with Gasteiger partial charge in [0.15, 0.2) is 0 Å². The maximum atomic E-state index is 12.8. The molecule has 0 bridgehead atoms. The van der Waals surface area contributed by atoms with E-state index in [2.05, 4.69) is 4.72 Å². The second kappa shape index (κ2) is 7.84. The van der Waals surface area contributed by atoms with Gasteiger partial charge in [-0.2, -0.15) is 24.5 Å². The minimum Gasteiger partial charge on any atom is -0.212 e. The monoisotopic (exact) mass is 411 g/mol. The summed E-state index contributed by atoms with van der Waals surface area (Å²) in [7, 11) is -3.80. The zero-order valence-electron chi connectivity index (χ0n) is 14.0. The van der Waals surface area contributed by atoms with Gasteiger partial charge in [0.1, 0.15) is 0 Å². The topological polar surface area (TPSA) is 46.2 Å². The van der Waals surface area contributed by atoms with Gasteiger partial charge in [-0.15, -0.1) is 0 Å². The van der Waals surface area contributed by atoms with Crippen LogP contribution in [0.1, 0.15) is 16.7 Å². The fraction of sp³-hybridized carbons (Fsp3) is 0.158.